The van der Waals surface area contributed by atoms with Gasteiger partial charge in [0.1, 0.15) is 5.82 Å². The van der Waals surface area contributed by atoms with Crippen LogP contribution in [0, 0.1) is 19.7 Å². The summed E-state index contributed by atoms with van der Waals surface area (Å²) in [5.41, 5.74) is 3.76. The standard InChI is InChI=1S/C21H21FN2O3S2/c1-13-3-8-17(9-14(13)2)24-18-11-29(26,27)12-19(18)28-21(24)23-20(25)10-15-4-6-16(22)7-5-15/h3-9,18-19H,10-12H2,1-2H3/t18-,19+/m1/s1. The number of hydrogen-bond acceptors (Lipinski definition) is 4. The van der Waals surface area contributed by atoms with Crippen molar-refractivity contribution in [2.45, 2.75) is 31.6 Å². The van der Waals surface area contributed by atoms with Crippen LogP contribution in [0.1, 0.15) is 16.7 Å². The molecule has 0 bridgehead atoms. The maximum absolute atomic E-state index is 13.1. The Balaban J connectivity index is 1.65. The third-order valence-corrected chi connectivity index (χ3v) is 8.53. The maximum atomic E-state index is 13.1. The first-order chi connectivity index (χ1) is 13.7. The number of nitrogens with zero attached hydrogens (tertiary/aromatic N) is 2. The molecule has 2 fully saturated rings. The Morgan fingerprint density at radius 1 is 1.14 bits per heavy atom. The third kappa shape index (κ3) is 4.23. The quantitative estimate of drug-likeness (QED) is 0.745. The van der Waals surface area contributed by atoms with E-state index >= 15 is 0 Å². The molecule has 0 spiro atoms. The number of amidine groups is 1. The minimum absolute atomic E-state index is 0.0583. The van der Waals surface area contributed by atoms with Gasteiger partial charge in [0.25, 0.3) is 5.91 Å². The van der Waals surface area contributed by atoms with Crippen LogP contribution >= 0.6 is 11.8 Å². The molecule has 0 aliphatic carbocycles. The highest BCUT2D eigenvalue weighted by molar-refractivity contribution is 8.16. The van der Waals surface area contributed by atoms with Crippen LogP contribution in [0.5, 0.6) is 0 Å². The van der Waals surface area contributed by atoms with Gasteiger partial charge in [0.2, 0.25) is 0 Å². The Hall–Kier alpha value is -2.19. The molecule has 4 rings (SSSR count). The predicted octanol–water partition coefficient (Wildman–Crippen LogP) is 3.29. The van der Waals surface area contributed by atoms with E-state index in [9.17, 15) is 17.6 Å². The average molecular weight is 433 g/mol. The number of aliphatic imine (C=N–C) groups is 1. The summed E-state index contributed by atoms with van der Waals surface area (Å²) >= 11 is 1.35. The molecule has 2 heterocycles. The van der Waals surface area contributed by atoms with Crippen molar-refractivity contribution in [3.63, 3.8) is 0 Å². The molecular formula is C21H21FN2O3S2. The van der Waals surface area contributed by atoms with Crippen LogP contribution < -0.4 is 4.90 Å². The Labute approximate surface area is 173 Å². The van der Waals surface area contributed by atoms with E-state index < -0.39 is 9.84 Å². The average Bonchev–Trinajstić information content (AvgIpc) is 3.10. The number of sulfone groups is 1. The van der Waals surface area contributed by atoms with Gasteiger partial charge in [0.15, 0.2) is 15.0 Å². The molecule has 2 aliphatic heterocycles. The molecule has 1 amide bonds. The molecule has 2 atom stereocenters. The van der Waals surface area contributed by atoms with Crippen molar-refractivity contribution in [1.29, 1.82) is 0 Å². The summed E-state index contributed by atoms with van der Waals surface area (Å²) < 4.78 is 37.4. The Morgan fingerprint density at radius 2 is 1.86 bits per heavy atom. The van der Waals surface area contributed by atoms with Crippen molar-refractivity contribution in [1.82, 2.24) is 0 Å². The Kier molecular flexibility index (Phi) is 5.25. The van der Waals surface area contributed by atoms with Crippen LogP contribution in [0.4, 0.5) is 10.1 Å². The monoisotopic (exact) mass is 432 g/mol. The van der Waals surface area contributed by atoms with Crippen molar-refractivity contribution in [3.8, 4) is 0 Å². The largest absolute Gasteiger partial charge is 0.316 e. The number of amides is 1. The smallest absolute Gasteiger partial charge is 0.252 e. The minimum Gasteiger partial charge on any atom is -0.316 e. The van der Waals surface area contributed by atoms with E-state index in [0.717, 1.165) is 16.8 Å². The summed E-state index contributed by atoms with van der Waals surface area (Å²) in [6, 6.07) is 11.5. The van der Waals surface area contributed by atoms with Crippen LogP contribution in [0.2, 0.25) is 0 Å². The highest BCUT2D eigenvalue weighted by Crippen LogP contribution is 2.41. The van der Waals surface area contributed by atoms with E-state index in [4.69, 9.17) is 0 Å². The molecule has 5 nitrogen and oxygen atoms in total. The van der Waals surface area contributed by atoms with Gasteiger partial charge in [0, 0.05) is 10.9 Å². The normalized spacial score (nSPS) is 24.1. The number of carbonyl (C=O) groups excluding carboxylic acids is 1. The van der Waals surface area contributed by atoms with E-state index in [-0.39, 0.29) is 40.9 Å². The number of aryl methyl sites for hydroxylation is 2. The van der Waals surface area contributed by atoms with Gasteiger partial charge < -0.3 is 4.90 Å². The fraction of sp³-hybridized carbons (Fsp3) is 0.333. The topological polar surface area (TPSA) is 66.8 Å². The lowest BCUT2D eigenvalue weighted by atomic mass is 10.1. The molecule has 29 heavy (non-hydrogen) atoms. The van der Waals surface area contributed by atoms with Gasteiger partial charge in [-0.25, -0.2) is 12.8 Å². The van der Waals surface area contributed by atoms with Gasteiger partial charge >= 0.3 is 0 Å². The van der Waals surface area contributed by atoms with Crippen LogP contribution in [-0.4, -0.2) is 42.3 Å². The molecule has 8 heteroatoms. The van der Waals surface area contributed by atoms with Gasteiger partial charge in [-0.05, 0) is 54.8 Å². The predicted molar refractivity (Wildman–Crippen MR) is 115 cm³/mol. The van der Waals surface area contributed by atoms with Crippen molar-refractivity contribution in [2.24, 2.45) is 4.99 Å². The van der Waals surface area contributed by atoms with Crippen LogP contribution in [-0.2, 0) is 21.1 Å². The molecule has 0 unspecified atom stereocenters. The van der Waals surface area contributed by atoms with E-state index in [1.165, 1.54) is 23.9 Å². The summed E-state index contributed by atoms with van der Waals surface area (Å²) in [5, 5.41) is 0.393. The van der Waals surface area contributed by atoms with E-state index in [1.54, 1.807) is 12.1 Å². The number of rotatable bonds is 3. The maximum Gasteiger partial charge on any atom is 0.252 e. The molecule has 2 aliphatic rings. The summed E-state index contributed by atoms with van der Waals surface area (Å²) in [6.07, 6.45) is 0.0682. The second-order valence-electron chi connectivity index (χ2n) is 7.53. The number of carbonyl (C=O) groups is 1. The SMILES string of the molecule is Cc1ccc(N2C(=NC(=O)Cc3ccc(F)cc3)S[C@H]3CS(=O)(=O)C[C@H]32)cc1C. The molecular weight excluding hydrogens is 411 g/mol. The van der Waals surface area contributed by atoms with Crippen molar-refractivity contribution in [3.05, 3.63) is 65.0 Å². The van der Waals surface area contributed by atoms with Crippen LogP contribution in [0.15, 0.2) is 47.5 Å². The third-order valence-electron chi connectivity index (χ3n) is 5.32. The number of halogens is 1. The van der Waals surface area contributed by atoms with E-state index in [2.05, 4.69) is 4.99 Å². The lowest BCUT2D eigenvalue weighted by Crippen LogP contribution is -2.37. The second kappa shape index (κ2) is 7.57. The first-order valence-corrected chi connectivity index (χ1v) is 12.0. The molecule has 152 valence electrons. The van der Waals surface area contributed by atoms with Gasteiger partial charge in [-0.3, -0.25) is 4.79 Å². The molecule has 0 saturated carbocycles. The summed E-state index contributed by atoms with van der Waals surface area (Å²) in [6.45, 7) is 4.02. The molecule has 0 radical (unpaired) electrons. The van der Waals surface area contributed by atoms with Crippen molar-refractivity contribution >= 4 is 38.4 Å². The number of fused-ring (bicyclic) bond motifs is 1. The molecule has 2 aromatic rings. The lowest BCUT2D eigenvalue weighted by molar-refractivity contribution is -0.117. The highest BCUT2D eigenvalue weighted by atomic mass is 32.2. The number of hydrogen-bond donors (Lipinski definition) is 0. The van der Waals surface area contributed by atoms with Gasteiger partial charge in [0.05, 0.1) is 24.0 Å². The van der Waals surface area contributed by atoms with E-state index in [0.29, 0.717) is 10.7 Å². The zero-order valence-corrected chi connectivity index (χ0v) is 17.8. The first kappa shape index (κ1) is 20.1. The minimum atomic E-state index is -3.11. The van der Waals surface area contributed by atoms with Crippen molar-refractivity contribution in [2.75, 3.05) is 16.4 Å². The van der Waals surface area contributed by atoms with Crippen LogP contribution in [0.3, 0.4) is 0 Å². The summed E-state index contributed by atoms with van der Waals surface area (Å²) in [4.78, 5) is 18.8. The van der Waals surface area contributed by atoms with E-state index in [1.807, 2.05) is 36.9 Å². The van der Waals surface area contributed by atoms with Gasteiger partial charge in [-0.2, -0.15) is 4.99 Å². The van der Waals surface area contributed by atoms with Crippen LogP contribution in [0.25, 0.3) is 0 Å². The first-order valence-electron chi connectivity index (χ1n) is 9.31. The van der Waals surface area contributed by atoms with Gasteiger partial charge in [-0.1, -0.05) is 30.0 Å². The Bertz CT molecular complexity index is 1100. The molecule has 2 saturated heterocycles. The lowest BCUT2D eigenvalue weighted by Gasteiger charge is -2.25. The molecule has 0 N–H and O–H groups in total. The fourth-order valence-corrected chi connectivity index (χ4v) is 7.60. The number of anilines is 1. The molecule has 2 aromatic carbocycles. The highest BCUT2D eigenvalue weighted by Gasteiger charge is 2.49. The zero-order chi connectivity index (χ0) is 20.8. The molecule has 0 aromatic heterocycles. The fourth-order valence-electron chi connectivity index (χ4n) is 3.66. The Morgan fingerprint density at radius 3 is 2.55 bits per heavy atom. The number of benzene rings is 2. The van der Waals surface area contributed by atoms with Crippen molar-refractivity contribution < 1.29 is 17.6 Å². The number of thioether (sulfide) groups is 1. The second-order valence-corrected chi connectivity index (χ2v) is 10.9. The zero-order valence-electron chi connectivity index (χ0n) is 16.1. The van der Waals surface area contributed by atoms with Gasteiger partial charge in [-0.15, -0.1) is 0 Å². The summed E-state index contributed by atoms with van der Waals surface area (Å²) in [7, 11) is -3.11. The summed E-state index contributed by atoms with van der Waals surface area (Å²) in [5.74, 6) is -0.540.